The Bertz CT molecular complexity index is 235. The Morgan fingerprint density at radius 1 is 1.55 bits per heavy atom. The predicted molar refractivity (Wildman–Crippen MR) is 37.8 cm³/mol. The van der Waals surface area contributed by atoms with E-state index < -0.39 is 0 Å². The zero-order chi connectivity index (χ0) is 8.27. The number of hydrogen-bond donors (Lipinski definition) is 0. The van der Waals surface area contributed by atoms with Crippen molar-refractivity contribution in [3.05, 3.63) is 24.5 Å². The molecule has 1 aromatic heterocycles. The highest BCUT2D eigenvalue weighted by atomic mass is 16.7. The van der Waals surface area contributed by atoms with E-state index in [0.29, 0.717) is 0 Å². The van der Waals surface area contributed by atoms with Crippen LogP contribution in [0.5, 0.6) is 5.75 Å². The van der Waals surface area contributed by atoms with Crippen LogP contribution < -0.4 is 14.7 Å². The maximum Gasteiger partial charge on any atom is 0.222 e. The Kier molecular flexibility index (Phi) is 2.31. The smallest absolute Gasteiger partial charge is 0.222 e. The summed E-state index contributed by atoms with van der Waals surface area (Å²) < 4.78 is 1.42. The van der Waals surface area contributed by atoms with E-state index in [9.17, 15) is 5.11 Å². The Hall–Kier alpha value is -1.25. The molecule has 0 aliphatic heterocycles. The summed E-state index contributed by atoms with van der Waals surface area (Å²) in [6.07, 6.45) is 3.18. The molecule has 0 saturated carbocycles. The van der Waals surface area contributed by atoms with Crippen LogP contribution in [0.2, 0.25) is 0 Å². The molecule has 0 N–H and O–H groups in total. The summed E-state index contributed by atoms with van der Waals surface area (Å²) in [7, 11) is 0. The summed E-state index contributed by atoms with van der Waals surface area (Å²) in [5.41, 5.74) is 0. The average molecular weight is 153 g/mol. The van der Waals surface area contributed by atoms with Crippen LogP contribution in [0.15, 0.2) is 24.5 Å². The van der Waals surface area contributed by atoms with E-state index in [1.54, 1.807) is 12.3 Å². The van der Waals surface area contributed by atoms with E-state index in [1.807, 2.05) is 13.8 Å². The van der Waals surface area contributed by atoms with Crippen molar-refractivity contribution in [3.8, 4) is 5.75 Å². The van der Waals surface area contributed by atoms with Crippen LogP contribution in [0.4, 0.5) is 0 Å². The summed E-state index contributed by atoms with van der Waals surface area (Å²) in [4.78, 5) is 5.21. The predicted octanol–water partition coefficient (Wildman–Crippen LogP) is -0.115. The first kappa shape index (κ1) is 7.85. The van der Waals surface area contributed by atoms with Crippen molar-refractivity contribution in [1.82, 2.24) is 0 Å². The van der Waals surface area contributed by atoms with Gasteiger partial charge in [0.15, 0.2) is 6.10 Å². The third-order valence-corrected chi connectivity index (χ3v) is 1.08. The third-order valence-electron chi connectivity index (χ3n) is 1.08. The third kappa shape index (κ3) is 2.45. The number of hydrogen-bond acceptors (Lipinski definition) is 2. The van der Waals surface area contributed by atoms with E-state index in [-0.39, 0.29) is 11.9 Å². The molecule has 0 atom stereocenters. The molecular formula is C8H11NO2. The second-order valence-electron chi connectivity index (χ2n) is 2.55. The lowest BCUT2D eigenvalue weighted by molar-refractivity contribution is -0.898. The van der Waals surface area contributed by atoms with Gasteiger partial charge in [0.1, 0.15) is 0 Å². The Balaban J connectivity index is 2.71. The Labute approximate surface area is 65.8 Å². The van der Waals surface area contributed by atoms with Crippen LogP contribution in [-0.4, -0.2) is 6.10 Å². The van der Waals surface area contributed by atoms with E-state index in [2.05, 4.69) is 0 Å². The lowest BCUT2D eigenvalue weighted by atomic mass is 10.5. The summed E-state index contributed by atoms with van der Waals surface area (Å²) in [6, 6.07) is 3.14. The van der Waals surface area contributed by atoms with Gasteiger partial charge in [-0.15, -0.1) is 0 Å². The number of nitrogens with zero attached hydrogens (tertiary/aromatic N) is 1. The summed E-state index contributed by atoms with van der Waals surface area (Å²) in [5.74, 6) is -0.0480. The van der Waals surface area contributed by atoms with E-state index in [4.69, 9.17) is 4.84 Å². The molecule has 0 aliphatic carbocycles. The molecule has 1 aromatic rings. The Morgan fingerprint density at radius 2 is 2.27 bits per heavy atom. The largest absolute Gasteiger partial charge is 0.868 e. The Morgan fingerprint density at radius 3 is 2.82 bits per heavy atom. The zero-order valence-corrected chi connectivity index (χ0v) is 6.65. The highest BCUT2D eigenvalue weighted by Gasteiger charge is 2.01. The standard InChI is InChI=1S/C8H11NO2/c1-7(2)11-9-5-3-4-8(10)6-9/h3-7H,1-2H3. The van der Waals surface area contributed by atoms with Gasteiger partial charge in [0.05, 0.1) is 0 Å². The maximum atomic E-state index is 10.8. The van der Waals surface area contributed by atoms with Crippen molar-refractivity contribution in [2.75, 3.05) is 0 Å². The fourth-order valence-electron chi connectivity index (χ4n) is 0.743. The minimum Gasteiger partial charge on any atom is -0.868 e. The van der Waals surface area contributed by atoms with Gasteiger partial charge in [-0.25, -0.2) is 0 Å². The summed E-state index contributed by atoms with van der Waals surface area (Å²) in [5, 5.41) is 10.8. The number of rotatable bonds is 2. The van der Waals surface area contributed by atoms with Crippen molar-refractivity contribution in [2.24, 2.45) is 0 Å². The fourth-order valence-corrected chi connectivity index (χ4v) is 0.743. The minimum atomic E-state index is -0.0480. The quantitative estimate of drug-likeness (QED) is 0.555. The lowest BCUT2D eigenvalue weighted by Crippen LogP contribution is -2.45. The van der Waals surface area contributed by atoms with E-state index in [0.717, 1.165) is 0 Å². The van der Waals surface area contributed by atoms with Gasteiger partial charge >= 0.3 is 0 Å². The second-order valence-corrected chi connectivity index (χ2v) is 2.55. The van der Waals surface area contributed by atoms with Crippen LogP contribution in [0.1, 0.15) is 13.8 Å². The van der Waals surface area contributed by atoms with Crippen molar-refractivity contribution >= 4 is 0 Å². The van der Waals surface area contributed by atoms with Crippen molar-refractivity contribution in [2.45, 2.75) is 20.0 Å². The van der Waals surface area contributed by atoms with Gasteiger partial charge in [0.25, 0.3) is 0 Å². The molecule has 0 fully saturated rings. The van der Waals surface area contributed by atoms with Gasteiger partial charge in [-0.1, -0.05) is 6.07 Å². The molecule has 0 saturated heterocycles. The van der Waals surface area contributed by atoms with Gasteiger partial charge in [0.2, 0.25) is 12.4 Å². The topological polar surface area (TPSA) is 36.2 Å². The SMILES string of the molecule is CC(C)O[n+]1cccc([O-])c1. The number of pyridine rings is 1. The van der Waals surface area contributed by atoms with Gasteiger partial charge in [-0.2, -0.15) is 0 Å². The molecule has 0 unspecified atom stereocenters. The van der Waals surface area contributed by atoms with Crippen molar-refractivity contribution in [3.63, 3.8) is 0 Å². The molecule has 3 nitrogen and oxygen atoms in total. The molecule has 0 aliphatic rings. The first-order valence-corrected chi connectivity index (χ1v) is 3.54. The molecule has 1 rings (SSSR count). The van der Waals surface area contributed by atoms with Crippen molar-refractivity contribution < 1.29 is 14.7 Å². The lowest BCUT2D eigenvalue weighted by Gasteiger charge is -2.03. The van der Waals surface area contributed by atoms with E-state index >= 15 is 0 Å². The fraction of sp³-hybridized carbons (Fsp3) is 0.375. The first-order chi connectivity index (χ1) is 5.18. The molecule has 0 bridgehead atoms. The molecule has 0 spiro atoms. The molecule has 0 aromatic carbocycles. The first-order valence-electron chi connectivity index (χ1n) is 3.54. The van der Waals surface area contributed by atoms with Crippen LogP contribution >= 0.6 is 0 Å². The van der Waals surface area contributed by atoms with Crippen LogP contribution in [0, 0.1) is 0 Å². The molecular weight excluding hydrogens is 142 g/mol. The van der Waals surface area contributed by atoms with Gasteiger partial charge < -0.3 is 5.11 Å². The maximum absolute atomic E-state index is 10.8. The van der Waals surface area contributed by atoms with Gasteiger partial charge in [0, 0.05) is 10.8 Å². The number of aromatic nitrogens is 1. The molecule has 0 radical (unpaired) electrons. The second kappa shape index (κ2) is 3.23. The van der Waals surface area contributed by atoms with Gasteiger partial charge in [-0.05, 0) is 19.6 Å². The van der Waals surface area contributed by atoms with Crippen LogP contribution in [0.25, 0.3) is 0 Å². The summed E-state index contributed by atoms with van der Waals surface area (Å²) >= 11 is 0. The molecule has 11 heavy (non-hydrogen) atoms. The normalized spacial score (nSPS) is 10.1. The monoisotopic (exact) mass is 153 g/mol. The highest BCUT2D eigenvalue weighted by molar-refractivity contribution is 5.07. The van der Waals surface area contributed by atoms with Gasteiger partial charge in [-0.3, -0.25) is 4.84 Å². The van der Waals surface area contributed by atoms with Crippen molar-refractivity contribution in [1.29, 1.82) is 0 Å². The molecule has 60 valence electrons. The molecule has 3 heteroatoms. The highest BCUT2D eigenvalue weighted by Crippen LogP contribution is 1.94. The average Bonchev–Trinajstić information content (AvgIpc) is 1.85. The van der Waals surface area contributed by atoms with Crippen LogP contribution in [-0.2, 0) is 0 Å². The van der Waals surface area contributed by atoms with E-state index in [1.165, 1.54) is 17.0 Å². The van der Waals surface area contributed by atoms with Crippen LogP contribution in [0.3, 0.4) is 0 Å². The zero-order valence-electron chi connectivity index (χ0n) is 6.65. The molecule has 0 amide bonds. The minimum absolute atomic E-state index is 0.0480. The molecule has 1 heterocycles. The summed E-state index contributed by atoms with van der Waals surface area (Å²) in [6.45, 7) is 3.81.